The molecule has 98 valence electrons. The summed E-state index contributed by atoms with van der Waals surface area (Å²) in [5, 5.41) is -0.272. The van der Waals surface area contributed by atoms with E-state index in [1.165, 1.54) is 12.1 Å². The summed E-state index contributed by atoms with van der Waals surface area (Å²) in [7, 11) is 0. The van der Waals surface area contributed by atoms with E-state index in [4.69, 9.17) is 11.6 Å². The van der Waals surface area contributed by atoms with Crippen molar-refractivity contribution in [1.82, 2.24) is 0 Å². The van der Waals surface area contributed by atoms with Crippen LogP contribution in [0.15, 0.2) is 34.8 Å². The van der Waals surface area contributed by atoms with Gasteiger partial charge in [0.1, 0.15) is 5.82 Å². The first-order valence-corrected chi connectivity index (χ1v) is 6.21. The van der Waals surface area contributed by atoms with Crippen molar-refractivity contribution < 1.29 is 18.0 Å². The van der Waals surface area contributed by atoms with Gasteiger partial charge in [0.15, 0.2) is 17.4 Å². The van der Waals surface area contributed by atoms with Crippen molar-refractivity contribution in [2.75, 3.05) is 0 Å². The minimum absolute atomic E-state index is 0.267. The SMILES string of the molecule is O=C(c1ccc(Br)cc1F)c1cc(F)c(F)cc1Cl. The standard InChI is InChI=1S/C13H5BrClF3O/c14-6-1-2-7(10(16)3-6)13(19)8-4-11(17)12(18)5-9(8)15/h1-5H. The predicted octanol–water partition coefficient (Wildman–Crippen LogP) is 4.75. The molecule has 0 spiro atoms. The lowest BCUT2D eigenvalue weighted by molar-refractivity contribution is 0.103. The van der Waals surface area contributed by atoms with Crippen molar-refractivity contribution >= 4 is 33.3 Å². The maximum absolute atomic E-state index is 13.6. The van der Waals surface area contributed by atoms with Crippen molar-refractivity contribution in [2.24, 2.45) is 0 Å². The number of ketones is 1. The lowest BCUT2D eigenvalue weighted by atomic mass is 10.0. The quantitative estimate of drug-likeness (QED) is 0.565. The van der Waals surface area contributed by atoms with Gasteiger partial charge < -0.3 is 0 Å². The van der Waals surface area contributed by atoms with Crippen LogP contribution < -0.4 is 0 Å². The van der Waals surface area contributed by atoms with E-state index >= 15 is 0 Å². The van der Waals surface area contributed by atoms with Gasteiger partial charge in [-0.3, -0.25) is 4.79 Å². The fourth-order valence-corrected chi connectivity index (χ4v) is 2.08. The average molecular weight is 350 g/mol. The normalized spacial score (nSPS) is 10.6. The van der Waals surface area contributed by atoms with Crippen LogP contribution in [0.3, 0.4) is 0 Å². The van der Waals surface area contributed by atoms with E-state index in [2.05, 4.69) is 15.9 Å². The first kappa shape index (κ1) is 14.1. The summed E-state index contributed by atoms with van der Waals surface area (Å²) in [6, 6.07) is 5.13. The van der Waals surface area contributed by atoms with Crippen molar-refractivity contribution in [3.63, 3.8) is 0 Å². The molecule has 0 heterocycles. The van der Waals surface area contributed by atoms with Gasteiger partial charge in [0.25, 0.3) is 0 Å². The molecule has 2 aromatic carbocycles. The molecule has 1 nitrogen and oxygen atoms in total. The Bertz CT molecular complexity index is 673. The fraction of sp³-hybridized carbons (Fsp3) is 0. The number of carbonyl (C=O) groups excluding carboxylic acids is 1. The van der Waals surface area contributed by atoms with Crippen molar-refractivity contribution in [3.8, 4) is 0 Å². The largest absolute Gasteiger partial charge is 0.288 e. The van der Waals surface area contributed by atoms with Gasteiger partial charge in [-0.15, -0.1) is 0 Å². The summed E-state index contributed by atoms with van der Waals surface area (Å²) in [6.45, 7) is 0. The molecule has 0 aliphatic heterocycles. The van der Waals surface area contributed by atoms with Gasteiger partial charge in [-0.25, -0.2) is 13.2 Å². The molecule has 0 saturated carbocycles. The van der Waals surface area contributed by atoms with Crippen LogP contribution in [-0.4, -0.2) is 5.78 Å². The second-order valence-electron chi connectivity index (χ2n) is 3.70. The lowest BCUT2D eigenvalue weighted by Crippen LogP contribution is -2.06. The minimum Gasteiger partial charge on any atom is -0.288 e. The van der Waals surface area contributed by atoms with Crippen molar-refractivity contribution in [3.05, 3.63) is 68.4 Å². The third-order valence-corrected chi connectivity index (χ3v) is 3.24. The molecule has 0 amide bonds. The molecule has 0 aliphatic carbocycles. The Morgan fingerprint density at radius 2 is 1.58 bits per heavy atom. The Morgan fingerprint density at radius 1 is 0.947 bits per heavy atom. The average Bonchev–Trinajstić information content (AvgIpc) is 2.33. The zero-order valence-electron chi connectivity index (χ0n) is 9.18. The number of hydrogen-bond acceptors (Lipinski definition) is 1. The molecule has 19 heavy (non-hydrogen) atoms. The Kier molecular flexibility index (Phi) is 3.96. The number of halogens is 5. The number of benzene rings is 2. The van der Waals surface area contributed by atoms with E-state index in [9.17, 15) is 18.0 Å². The highest BCUT2D eigenvalue weighted by atomic mass is 79.9. The van der Waals surface area contributed by atoms with E-state index in [1.54, 1.807) is 0 Å². The van der Waals surface area contributed by atoms with E-state index in [0.29, 0.717) is 16.6 Å². The Hall–Kier alpha value is -1.33. The number of hydrogen-bond donors (Lipinski definition) is 0. The lowest BCUT2D eigenvalue weighted by Gasteiger charge is -2.06. The predicted molar refractivity (Wildman–Crippen MR) is 68.9 cm³/mol. The zero-order chi connectivity index (χ0) is 14.2. The van der Waals surface area contributed by atoms with Gasteiger partial charge >= 0.3 is 0 Å². The van der Waals surface area contributed by atoms with Gasteiger partial charge in [-0.05, 0) is 30.3 Å². The number of rotatable bonds is 2. The topological polar surface area (TPSA) is 17.1 Å². The molecule has 0 bridgehead atoms. The molecule has 0 aromatic heterocycles. The third-order valence-electron chi connectivity index (χ3n) is 2.43. The second kappa shape index (κ2) is 5.35. The molecule has 6 heteroatoms. The molecule has 2 rings (SSSR count). The van der Waals surface area contributed by atoms with E-state index < -0.39 is 23.2 Å². The molecule has 2 aromatic rings. The van der Waals surface area contributed by atoms with Crippen LogP contribution in [0.2, 0.25) is 5.02 Å². The molecule has 0 fully saturated rings. The molecule has 0 N–H and O–H groups in total. The molecule has 0 unspecified atom stereocenters. The van der Waals surface area contributed by atoms with Crippen LogP contribution in [-0.2, 0) is 0 Å². The summed E-state index contributed by atoms with van der Waals surface area (Å²) in [5.74, 6) is -3.97. The monoisotopic (exact) mass is 348 g/mol. The maximum atomic E-state index is 13.6. The van der Waals surface area contributed by atoms with Gasteiger partial charge in [-0.1, -0.05) is 27.5 Å². The highest BCUT2D eigenvalue weighted by Gasteiger charge is 2.19. The summed E-state index contributed by atoms with van der Waals surface area (Å²) >= 11 is 8.72. The summed E-state index contributed by atoms with van der Waals surface area (Å²) in [6.07, 6.45) is 0. The van der Waals surface area contributed by atoms with E-state index in [1.807, 2.05) is 0 Å². The molecule has 0 radical (unpaired) electrons. The zero-order valence-corrected chi connectivity index (χ0v) is 11.5. The van der Waals surface area contributed by atoms with Crippen molar-refractivity contribution in [1.29, 1.82) is 0 Å². The van der Waals surface area contributed by atoms with Gasteiger partial charge in [-0.2, -0.15) is 0 Å². The molecular weight excluding hydrogens is 344 g/mol. The fourth-order valence-electron chi connectivity index (χ4n) is 1.52. The first-order chi connectivity index (χ1) is 8.90. The van der Waals surface area contributed by atoms with Gasteiger partial charge in [0, 0.05) is 10.0 Å². The van der Waals surface area contributed by atoms with Crippen LogP contribution >= 0.6 is 27.5 Å². The third kappa shape index (κ3) is 2.82. The maximum Gasteiger partial charge on any atom is 0.197 e. The number of carbonyl (C=O) groups is 1. The van der Waals surface area contributed by atoms with Crippen LogP contribution in [0.4, 0.5) is 13.2 Å². The Balaban J connectivity index is 2.53. The Morgan fingerprint density at radius 3 is 2.21 bits per heavy atom. The van der Waals surface area contributed by atoms with E-state index in [-0.39, 0.29) is 16.1 Å². The van der Waals surface area contributed by atoms with Crippen LogP contribution in [0, 0.1) is 17.5 Å². The highest BCUT2D eigenvalue weighted by molar-refractivity contribution is 9.10. The molecule has 0 atom stereocenters. The molecular formula is C13H5BrClF3O. The van der Waals surface area contributed by atoms with Crippen LogP contribution in [0.5, 0.6) is 0 Å². The van der Waals surface area contributed by atoms with Crippen molar-refractivity contribution in [2.45, 2.75) is 0 Å². The van der Waals surface area contributed by atoms with Crippen LogP contribution in [0.25, 0.3) is 0 Å². The summed E-state index contributed by atoms with van der Waals surface area (Å²) in [4.78, 5) is 12.0. The van der Waals surface area contributed by atoms with Gasteiger partial charge in [0.05, 0.1) is 10.6 Å². The Labute approximate surface area is 120 Å². The first-order valence-electron chi connectivity index (χ1n) is 5.04. The van der Waals surface area contributed by atoms with Gasteiger partial charge in [0.2, 0.25) is 0 Å². The molecule has 0 aliphatic rings. The van der Waals surface area contributed by atoms with Crippen LogP contribution in [0.1, 0.15) is 15.9 Å². The highest BCUT2D eigenvalue weighted by Crippen LogP contribution is 2.25. The second-order valence-corrected chi connectivity index (χ2v) is 5.02. The minimum atomic E-state index is -1.22. The smallest absolute Gasteiger partial charge is 0.197 e. The summed E-state index contributed by atoms with van der Waals surface area (Å²) in [5.41, 5.74) is -0.558. The molecule has 0 saturated heterocycles. The summed E-state index contributed by atoms with van der Waals surface area (Å²) < 4.78 is 40.1. The van der Waals surface area contributed by atoms with E-state index in [0.717, 1.165) is 6.07 Å².